The minimum Gasteiger partial charge on any atom is -0.504 e. The summed E-state index contributed by atoms with van der Waals surface area (Å²) >= 11 is 6.27. The first-order chi connectivity index (χ1) is 16.4. The summed E-state index contributed by atoms with van der Waals surface area (Å²) in [7, 11) is 0. The van der Waals surface area contributed by atoms with E-state index in [9.17, 15) is 14.7 Å². The van der Waals surface area contributed by atoms with E-state index in [0.717, 1.165) is 0 Å². The molecule has 7 nitrogen and oxygen atoms in total. The molecule has 8 heteroatoms. The number of hydrogen-bond donors (Lipinski definition) is 1. The molecule has 3 aromatic carbocycles. The van der Waals surface area contributed by atoms with Crippen LogP contribution in [0.5, 0.6) is 11.5 Å². The van der Waals surface area contributed by atoms with Crippen molar-refractivity contribution in [3.8, 4) is 11.5 Å². The van der Waals surface area contributed by atoms with Gasteiger partial charge in [-0.05, 0) is 61.4 Å². The lowest BCUT2D eigenvalue weighted by molar-refractivity contribution is -0.126. The van der Waals surface area contributed by atoms with E-state index in [2.05, 4.69) is 0 Å². The van der Waals surface area contributed by atoms with Crippen molar-refractivity contribution in [3.05, 3.63) is 82.9 Å². The zero-order valence-electron chi connectivity index (χ0n) is 18.6. The third-order valence-electron chi connectivity index (χ3n) is 6.23. The Morgan fingerprint density at radius 3 is 2.53 bits per heavy atom. The fourth-order valence-corrected chi connectivity index (χ4v) is 4.78. The number of aromatic hydroxyl groups is 1. The molecule has 3 atom stereocenters. The van der Waals surface area contributed by atoms with Crippen LogP contribution >= 0.6 is 11.6 Å². The number of anilines is 2. The summed E-state index contributed by atoms with van der Waals surface area (Å²) < 4.78 is 5.57. The monoisotopic (exact) mass is 478 g/mol. The largest absolute Gasteiger partial charge is 0.504 e. The minimum absolute atomic E-state index is 0.00247. The van der Waals surface area contributed by atoms with Crippen LogP contribution < -0.4 is 14.7 Å². The number of rotatable bonds is 5. The van der Waals surface area contributed by atoms with Crippen molar-refractivity contribution in [2.24, 2.45) is 5.92 Å². The maximum atomic E-state index is 13.8. The van der Waals surface area contributed by atoms with Gasteiger partial charge in [0.2, 0.25) is 5.91 Å². The summed E-state index contributed by atoms with van der Waals surface area (Å²) in [5.74, 6) is -1.30. The summed E-state index contributed by atoms with van der Waals surface area (Å²) in [6.07, 6.45) is -1.000. The summed E-state index contributed by atoms with van der Waals surface area (Å²) in [5, 5.41) is 12.3. The summed E-state index contributed by atoms with van der Waals surface area (Å²) in [6.45, 7) is 3.96. The molecule has 34 heavy (non-hydrogen) atoms. The predicted molar refractivity (Wildman–Crippen MR) is 128 cm³/mol. The molecule has 0 spiro atoms. The van der Waals surface area contributed by atoms with Crippen molar-refractivity contribution in [1.29, 1.82) is 0 Å². The normalized spacial score (nSPS) is 21.8. The van der Waals surface area contributed by atoms with Gasteiger partial charge in [0.15, 0.2) is 17.6 Å². The van der Waals surface area contributed by atoms with Gasteiger partial charge < -0.3 is 9.84 Å². The second kappa shape index (κ2) is 8.66. The Bertz CT molecular complexity index is 1270. The topological polar surface area (TPSA) is 79.3 Å². The van der Waals surface area contributed by atoms with Gasteiger partial charge in [-0.25, -0.2) is 9.96 Å². The molecule has 0 bridgehead atoms. The zero-order valence-corrected chi connectivity index (χ0v) is 19.4. The van der Waals surface area contributed by atoms with Crippen LogP contribution in [-0.2, 0) is 14.4 Å². The number of imide groups is 1. The molecule has 3 aromatic rings. The molecule has 0 saturated carbocycles. The van der Waals surface area contributed by atoms with Crippen LogP contribution in [0.4, 0.5) is 11.4 Å². The van der Waals surface area contributed by atoms with Crippen molar-refractivity contribution in [1.82, 2.24) is 0 Å². The number of ether oxygens (including phenoxy) is 1. The number of fused-ring (bicyclic) bond motifs is 1. The average molecular weight is 479 g/mol. The number of phenols is 1. The average Bonchev–Trinajstić information content (AvgIpc) is 3.34. The molecule has 2 aliphatic rings. The molecule has 0 radical (unpaired) electrons. The molecule has 2 saturated heterocycles. The summed E-state index contributed by atoms with van der Waals surface area (Å²) in [6, 6.07) is 18.7. The molecule has 2 fully saturated rings. The molecule has 0 unspecified atom stereocenters. The lowest BCUT2D eigenvalue weighted by atomic mass is 9.90. The Morgan fingerprint density at radius 1 is 1.03 bits per heavy atom. The molecule has 174 valence electrons. The third kappa shape index (κ3) is 3.48. The highest BCUT2D eigenvalue weighted by Gasteiger charge is 2.60. The van der Waals surface area contributed by atoms with Crippen LogP contribution in [0.1, 0.15) is 24.1 Å². The minimum atomic E-state index is -1.000. The standard InChI is InChI=1S/C26H23ClN2O5/c1-3-33-21-14-16(12-13-20(21)30)23-22-24(34-29(23)17-8-5-4-6-9-17)26(32)28(25(22)31)19-11-7-10-18(27)15(19)2/h4-14,22-24,30H,3H2,1-2H3/t22-,23+,24+/m0/s1. The van der Waals surface area contributed by atoms with E-state index in [-0.39, 0.29) is 11.7 Å². The van der Waals surface area contributed by atoms with E-state index in [1.165, 1.54) is 11.0 Å². The number of hydrogen-bond acceptors (Lipinski definition) is 6. The van der Waals surface area contributed by atoms with Crippen molar-refractivity contribution in [2.75, 3.05) is 16.6 Å². The summed E-state index contributed by atoms with van der Waals surface area (Å²) in [4.78, 5) is 34.6. The van der Waals surface area contributed by atoms with Crippen LogP contribution in [0.3, 0.4) is 0 Å². The number of nitrogens with zero attached hydrogens (tertiary/aromatic N) is 2. The predicted octanol–water partition coefficient (Wildman–Crippen LogP) is 4.80. The van der Waals surface area contributed by atoms with Crippen LogP contribution in [-0.4, -0.2) is 29.6 Å². The highest BCUT2D eigenvalue weighted by atomic mass is 35.5. The lowest BCUT2D eigenvalue weighted by Gasteiger charge is -2.29. The van der Waals surface area contributed by atoms with Crippen molar-refractivity contribution in [2.45, 2.75) is 26.0 Å². The van der Waals surface area contributed by atoms with Gasteiger partial charge in [0, 0.05) is 5.02 Å². The van der Waals surface area contributed by atoms with Crippen molar-refractivity contribution >= 4 is 34.8 Å². The Labute approximate surface area is 202 Å². The SMILES string of the molecule is CCOc1cc([C@@H]2[C@@H]3C(=O)N(c4cccc(Cl)c4C)C(=O)[C@@H]3ON2c2ccccc2)ccc1O. The number of benzene rings is 3. The molecule has 2 aliphatic heterocycles. The van der Waals surface area contributed by atoms with E-state index in [1.54, 1.807) is 42.3 Å². The zero-order chi connectivity index (χ0) is 24.0. The molecule has 5 rings (SSSR count). The van der Waals surface area contributed by atoms with E-state index in [0.29, 0.717) is 39.9 Å². The molecule has 2 heterocycles. The maximum Gasteiger partial charge on any atom is 0.266 e. The van der Waals surface area contributed by atoms with E-state index in [4.69, 9.17) is 21.2 Å². The highest BCUT2D eigenvalue weighted by molar-refractivity contribution is 6.32. The number of carbonyl (C=O) groups is 2. The Balaban J connectivity index is 1.61. The van der Waals surface area contributed by atoms with E-state index < -0.39 is 24.0 Å². The first kappa shape index (κ1) is 22.3. The first-order valence-electron chi connectivity index (χ1n) is 11.0. The van der Waals surface area contributed by atoms with Gasteiger partial charge in [0.25, 0.3) is 5.91 Å². The van der Waals surface area contributed by atoms with Gasteiger partial charge in [-0.15, -0.1) is 0 Å². The van der Waals surface area contributed by atoms with E-state index >= 15 is 0 Å². The molecular formula is C26H23ClN2O5. The first-order valence-corrected chi connectivity index (χ1v) is 11.4. The van der Waals surface area contributed by atoms with Gasteiger partial charge in [0.05, 0.1) is 24.0 Å². The van der Waals surface area contributed by atoms with Gasteiger partial charge in [-0.1, -0.05) is 41.9 Å². The Kier molecular flexibility index (Phi) is 5.67. The second-order valence-electron chi connectivity index (χ2n) is 8.21. The molecular weight excluding hydrogens is 456 g/mol. The van der Waals surface area contributed by atoms with Crippen molar-refractivity contribution in [3.63, 3.8) is 0 Å². The van der Waals surface area contributed by atoms with E-state index in [1.807, 2.05) is 37.3 Å². The maximum absolute atomic E-state index is 13.8. The smallest absolute Gasteiger partial charge is 0.266 e. The van der Waals surface area contributed by atoms with Crippen LogP contribution in [0.25, 0.3) is 0 Å². The van der Waals surface area contributed by atoms with Crippen molar-refractivity contribution < 1.29 is 24.3 Å². The number of amides is 2. The van der Waals surface area contributed by atoms with Crippen LogP contribution in [0.15, 0.2) is 66.7 Å². The Morgan fingerprint density at radius 2 is 1.79 bits per heavy atom. The van der Waals surface area contributed by atoms with Gasteiger partial charge >= 0.3 is 0 Å². The van der Waals surface area contributed by atoms with Crippen LogP contribution in [0, 0.1) is 12.8 Å². The lowest BCUT2D eigenvalue weighted by Crippen LogP contribution is -2.37. The number of phenolic OH excluding ortho intramolecular Hbond substituents is 1. The fourth-order valence-electron chi connectivity index (χ4n) is 4.61. The molecule has 1 N–H and O–H groups in total. The highest BCUT2D eigenvalue weighted by Crippen LogP contribution is 2.49. The summed E-state index contributed by atoms with van der Waals surface area (Å²) in [5.41, 5.74) is 2.49. The Hall–Kier alpha value is -3.55. The van der Waals surface area contributed by atoms with Crippen LogP contribution in [0.2, 0.25) is 5.02 Å². The number of para-hydroxylation sites is 1. The molecule has 0 aromatic heterocycles. The number of hydroxylamine groups is 1. The third-order valence-corrected chi connectivity index (χ3v) is 6.64. The molecule has 2 amide bonds. The fraction of sp³-hybridized carbons (Fsp3) is 0.231. The van der Waals surface area contributed by atoms with Gasteiger partial charge in [-0.3, -0.25) is 14.4 Å². The number of carbonyl (C=O) groups excluding carboxylic acids is 2. The number of halogens is 1. The second-order valence-corrected chi connectivity index (χ2v) is 8.62. The van der Waals surface area contributed by atoms with Gasteiger partial charge in [0.1, 0.15) is 5.92 Å². The molecule has 0 aliphatic carbocycles. The quantitative estimate of drug-likeness (QED) is 0.530. The van der Waals surface area contributed by atoms with Gasteiger partial charge in [-0.2, -0.15) is 0 Å².